The predicted molar refractivity (Wildman–Crippen MR) is 117 cm³/mol. The van der Waals surface area contributed by atoms with E-state index in [1.54, 1.807) is 49.4 Å². The number of halogens is 1. The summed E-state index contributed by atoms with van der Waals surface area (Å²) in [4.78, 5) is 27.3. The summed E-state index contributed by atoms with van der Waals surface area (Å²) < 4.78 is 15.6. The highest BCUT2D eigenvalue weighted by Gasteiger charge is 2.48. The van der Waals surface area contributed by atoms with Crippen LogP contribution in [0.25, 0.3) is 5.76 Å². The van der Waals surface area contributed by atoms with Crippen molar-refractivity contribution < 1.29 is 28.7 Å². The first-order valence-electron chi connectivity index (χ1n) is 9.58. The molecule has 8 nitrogen and oxygen atoms in total. The van der Waals surface area contributed by atoms with Crippen LogP contribution in [0.4, 0.5) is 5.82 Å². The third-order valence-electron chi connectivity index (χ3n) is 5.14. The fraction of sp³-hybridized carbons (Fsp3) is 0.174. The molecule has 1 N–H and O–H groups in total. The predicted octanol–water partition coefficient (Wildman–Crippen LogP) is 4.28. The number of ether oxygens (including phenoxy) is 2. The Morgan fingerprint density at radius 1 is 1.12 bits per heavy atom. The molecule has 1 aliphatic rings. The van der Waals surface area contributed by atoms with Crippen LogP contribution in [0.2, 0.25) is 5.02 Å². The Bertz CT molecular complexity index is 1250. The molecule has 0 saturated carbocycles. The minimum absolute atomic E-state index is 0.106. The monoisotopic (exact) mass is 454 g/mol. The molecule has 1 fully saturated rings. The first-order chi connectivity index (χ1) is 15.3. The SMILES string of the molecule is COc1cccc(C2/C(=C(\O)c3ccc(OC)c(Cl)c3)C(=O)C(=O)N2c2cc(C)on2)c1. The number of Topliss-reactive ketones (excluding diaryl/α,β-unsaturated/α-hetero) is 1. The number of rotatable bonds is 5. The molecule has 1 atom stereocenters. The van der Waals surface area contributed by atoms with E-state index >= 15 is 0 Å². The zero-order chi connectivity index (χ0) is 23.0. The molecule has 1 saturated heterocycles. The van der Waals surface area contributed by atoms with Crippen molar-refractivity contribution in [1.82, 2.24) is 5.16 Å². The van der Waals surface area contributed by atoms with Crippen molar-refractivity contribution in [3.8, 4) is 11.5 Å². The lowest BCUT2D eigenvalue weighted by Gasteiger charge is -2.23. The highest BCUT2D eigenvalue weighted by Crippen LogP contribution is 2.43. The maximum atomic E-state index is 13.1. The molecule has 0 aliphatic carbocycles. The van der Waals surface area contributed by atoms with E-state index in [2.05, 4.69) is 5.16 Å². The summed E-state index contributed by atoms with van der Waals surface area (Å²) in [5.41, 5.74) is 0.702. The van der Waals surface area contributed by atoms with E-state index in [1.165, 1.54) is 25.2 Å². The molecule has 2 aromatic carbocycles. The fourth-order valence-corrected chi connectivity index (χ4v) is 3.89. The van der Waals surface area contributed by atoms with Crippen LogP contribution in [0.3, 0.4) is 0 Å². The largest absolute Gasteiger partial charge is 0.507 e. The molecule has 164 valence electrons. The summed E-state index contributed by atoms with van der Waals surface area (Å²) in [6.07, 6.45) is 0. The first-order valence-corrected chi connectivity index (χ1v) is 9.95. The Morgan fingerprint density at radius 3 is 2.53 bits per heavy atom. The summed E-state index contributed by atoms with van der Waals surface area (Å²) in [7, 11) is 2.98. The summed E-state index contributed by atoms with van der Waals surface area (Å²) >= 11 is 6.21. The molecule has 32 heavy (non-hydrogen) atoms. The lowest BCUT2D eigenvalue weighted by Crippen LogP contribution is -2.29. The standard InChI is InChI=1S/C23H19ClN2O6/c1-12-9-18(25-32-12)26-20(13-5-4-6-15(10-13)30-2)19(22(28)23(26)29)21(27)14-7-8-17(31-3)16(24)11-14/h4-11,20,27H,1-3H3/b21-19+. The van der Waals surface area contributed by atoms with Crippen LogP contribution in [-0.4, -0.2) is 36.2 Å². The number of aliphatic hydroxyl groups excluding tert-OH is 1. The number of hydrogen-bond acceptors (Lipinski definition) is 7. The van der Waals surface area contributed by atoms with Crippen LogP contribution in [0, 0.1) is 6.92 Å². The average molecular weight is 455 g/mol. The van der Waals surface area contributed by atoms with Gasteiger partial charge in [-0.1, -0.05) is 28.9 Å². The molecule has 0 bridgehead atoms. The van der Waals surface area contributed by atoms with Crippen molar-refractivity contribution in [3.63, 3.8) is 0 Å². The summed E-state index contributed by atoms with van der Waals surface area (Å²) in [6, 6.07) is 12.0. The van der Waals surface area contributed by atoms with Gasteiger partial charge in [0.25, 0.3) is 5.78 Å². The number of aryl methyl sites for hydroxylation is 1. The van der Waals surface area contributed by atoms with Crippen molar-refractivity contribution in [2.45, 2.75) is 13.0 Å². The van der Waals surface area contributed by atoms with E-state index in [4.69, 9.17) is 25.6 Å². The molecule has 1 aromatic heterocycles. The normalized spacial score (nSPS) is 17.6. The van der Waals surface area contributed by atoms with E-state index in [0.29, 0.717) is 22.8 Å². The molecule has 0 spiro atoms. The lowest BCUT2D eigenvalue weighted by atomic mass is 9.95. The Balaban J connectivity index is 1.94. The van der Waals surface area contributed by atoms with E-state index in [1.807, 2.05) is 0 Å². The molecule has 0 radical (unpaired) electrons. The van der Waals surface area contributed by atoms with E-state index in [9.17, 15) is 14.7 Å². The fourth-order valence-electron chi connectivity index (χ4n) is 3.63. The number of benzene rings is 2. The number of carbonyl (C=O) groups excluding carboxylic acids is 2. The van der Waals surface area contributed by atoms with Gasteiger partial charge in [0.15, 0.2) is 5.82 Å². The second-order valence-corrected chi connectivity index (χ2v) is 7.50. The van der Waals surface area contributed by atoms with Crippen LogP contribution < -0.4 is 14.4 Å². The summed E-state index contributed by atoms with van der Waals surface area (Å²) in [6.45, 7) is 1.67. The Labute approximate surface area is 188 Å². The quantitative estimate of drug-likeness (QED) is 0.348. The van der Waals surface area contributed by atoms with Crippen LogP contribution in [0.1, 0.15) is 22.9 Å². The average Bonchev–Trinajstić information content (AvgIpc) is 3.33. The van der Waals surface area contributed by atoms with Crippen LogP contribution in [0.15, 0.2) is 58.6 Å². The highest BCUT2D eigenvalue weighted by atomic mass is 35.5. The van der Waals surface area contributed by atoms with Crippen LogP contribution in [0.5, 0.6) is 11.5 Å². The number of aliphatic hydroxyl groups is 1. The van der Waals surface area contributed by atoms with Gasteiger partial charge >= 0.3 is 5.91 Å². The van der Waals surface area contributed by atoms with Gasteiger partial charge in [0.05, 0.1) is 30.9 Å². The number of anilines is 1. The van der Waals surface area contributed by atoms with Gasteiger partial charge in [-0.3, -0.25) is 14.5 Å². The number of aromatic nitrogens is 1. The van der Waals surface area contributed by atoms with Gasteiger partial charge in [-0.2, -0.15) is 0 Å². The van der Waals surface area contributed by atoms with Gasteiger partial charge < -0.3 is 19.1 Å². The smallest absolute Gasteiger partial charge is 0.301 e. The molecule has 1 unspecified atom stereocenters. The number of nitrogens with zero attached hydrogens (tertiary/aromatic N) is 2. The number of methoxy groups -OCH3 is 2. The Kier molecular flexibility index (Phi) is 5.63. The number of carbonyl (C=O) groups is 2. The second kappa shape index (κ2) is 8.39. The zero-order valence-corrected chi connectivity index (χ0v) is 18.2. The second-order valence-electron chi connectivity index (χ2n) is 7.09. The van der Waals surface area contributed by atoms with Crippen molar-refractivity contribution in [3.05, 3.63) is 76.0 Å². The minimum atomic E-state index is -0.963. The number of hydrogen-bond donors (Lipinski definition) is 1. The van der Waals surface area contributed by atoms with Gasteiger partial charge in [0.1, 0.15) is 23.0 Å². The van der Waals surface area contributed by atoms with Crippen LogP contribution >= 0.6 is 11.6 Å². The molecule has 1 amide bonds. The molecule has 1 aliphatic heterocycles. The van der Waals surface area contributed by atoms with Crippen molar-refractivity contribution in [2.24, 2.45) is 0 Å². The van der Waals surface area contributed by atoms with Gasteiger partial charge in [0, 0.05) is 11.6 Å². The summed E-state index contributed by atoms with van der Waals surface area (Å²) in [5, 5.41) is 15.3. The van der Waals surface area contributed by atoms with E-state index < -0.39 is 17.7 Å². The lowest BCUT2D eigenvalue weighted by molar-refractivity contribution is -0.132. The highest BCUT2D eigenvalue weighted by molar-refractivity contribution is 6.51. The topological polar surface area (TPSA) is 102 Å². The molecular formula is C23H19ClN2O6. The third-order valence-corrected chi connectivity index (χ3v) is 5.44. The molecular weight excluding hydrogens is 436 g/mol. The Hall–Kier alpha value is -3.78. The zero-order valence-electron chi connectivity index (χ0n) is 17.5. The van der Waals surface area contributed by atoms with Gasteiger partial charge in [0.2, 0.25) is 0 Å². The van der Waals surface area contributed by atoms with Gasteiger partial charge in [-0.05, 0) is 42.8 Å². The maximum Gasteiger partial charge on any atom is 0.301 e. The summed E-state index contributed by atoms with van der Waals surface area (Å²) in [5.74, 6) is -0.515. The molecule has 2 heterocycles. The van der Waals surface area contributed by atoms with E-state index in [-0.39, 0.29) is 27.7 Å². The molecule has 4 rings (SSSR count). The van der Waals surface area contributed by atoms with Gasteiger partial charge in [-0.25, -0.2) is 0 Å². The first kappa shape index (κ1) is 21.5. The van der Waals surface area contributed by atoms with E-state index in [0.717, 1.165) is 0 Å². The van der Waals surface area contributed by atoms with Gasteiger partial charge in [-0.15, -0.1) is 0 Å². The number of amides is 1. The third kappa shape index (κ3) is 3.58. The van der Waals surface area contributed by atoms with Crippen LogP contribution in [-0.2, 0) is 9.59 Å². The van der Waals surface area contributed by atoms with Crippen molar-refractivity contribution >= 4 is 34.9 Å². The maximum absolute atomic E-state index is 13.1. The van der Waals surface area contributed by atoms with Crippen molar-refractivity contribution in [2.75, 3.05) is 19.1 Å². The van der Waals surface area contributed by atoms with Crippen molar-refractivity contribution in [1.29, 1.82) is 0 Å². The molecule has 9 heteroatoms. The molecule has 3 aromatic rings. The minimum Gasteiger partial charge on any atom is -0.507 e. The number of ketones is 1. The Morgan fingerprint density at radius 2 is 1.91 bits per heavy atom.